The van der Waals surface area contributed by atoms with Crippen LogP contribution in [0.1, 0.15) is 25.0 Å². The van der Waals surface area contributed by atoms with Crippen LogP contribution in [0.2, 0.25) is 0 Å². The average Bonchev–Trinajstić information content (AvgIpc) is 2.71. The second-order valence-corrected chi connectivity index (χ2v) is 6.55. The molecular weight excluding hydrogens is 376 g/mol. The Kier molecular flexibility index (Phi) is 7.84. The summed E-state index contributed by atoms with van der Waals surface area (Å²) < 4.78 is 5.74. The Balaban J connectivity index is 1.94. The number of hydrazone groups is 1. The minimum Gasteiger partial charge on any atom is -0.488 e. The molecule has 0 aliphatic carbocycles. The molecule has 0 saturated carbocycles. The molecule has 9 nitrogen and oxygen atoms in total. The Hall–Kier alpha value is -3.75. The first-order valence-corrected chi connectivity index (χ1v) is 8.93. The molecule has 0 bridgehead atoms. The lowest BCUT2D eigenvalue weighted by Crippen LogP contribution is -2.39. The van der Waals surface area contributed by atoms with Crippen LogP contribution in [0.5, 0.6) is 5.75 Å². The molecule has 0 aliphatic rings. The van der Waals surface area contributed by atoms with Gasteiger partial charge in [0.25, 0.3) is 5.69 Å². The summed E-state index contributed by atoms with van der Waals surface area (Å²) >= 11 is 0. The van der Waals surface area contributed by atoms with Crippen LogP contribution >= 0.6 is 0 Å². The predicted molar refractivity (Wildman–Crippen MR) is 107 cm³/mol. The summed E-state index contributed by atoms with van der Waals surface area (Å²) in [6, 6.07) is 13.1. The molecule has 0 radical (unpaired) electrons. The van der Waals surface area contributed by atoms with Crippen molar-refractivity contribution in [1.82, 2.24) is 10.7 Å². The predicted octanol–water partition coefficient (Wildman–Crippen LogP) is 2.40. The SMILES string of the molecule is CC(C)CNC(=O)C(=O)N/N=C\c1ccccc1OCc1ccc([N+](=O)[O-])cc1. The summed E-state index contributed by atoms with van der Waals surface area (Å²) in [5.41, 5.74) is 3.54. The summed E-state index contributed by atoms with van der Waals surface area (Å²) in [6.07, 6.45) is 1.37. The molecular formula is C20H22N4O5. The Morgan fingerprint density at radius 3 is 2.48 bits per heavy atom. The first-order valence-electron chi connectivity index (χ1n) is 8.93. The number of nitro benzene ring substituents is 1. The van der Waals surface area contributed by atoms with Crippen LogP contribution in [-0.2, 0) is 16.2 Å². The smallest absolute Gasteiger partial charge is 0.329 e. The molecule has 29 heavy (non-hydrogen) atoms. The third-order valence-corrected chi connectivity index (χ3v) is 3.71. The van der Waals surface area contributed by atoms with E-state index in [9.17, 15) is 19.7 Å². The quantitative estimate of drug-likeness (QED) is 0.306. The average molecular weight is 398 g/mol. The molecule has 0 heterocycles. The number of benzene rings is 2. The Labute approximate surface area is 167 Å². The highest BCUT2D eigenvalue weighted by Gasteiger charge is 2.12. The van der Waals surface area contributed by atoms with Gasteiger partial charge in [0.05, 0.1) is 11.1 Å². The lowest BCUT2D eigenvalue weighted by atomic mass is 10.2. The number of carbonyl (C=O) groups is 2. The van der Waals surface area contributed by atoms with Crippen LogP contribution in [-0.4, -0.2) is 29.5 Å². The summed E-state index contributed by atoms with van der Waals surface area (Å²) in [4.78, 5) is 33.6. The van der Waals surface area contributed by atoms with Crippen molar-refractivity contribution in [2.45, 2.75) is 20.5 Å². The highest BCUT2D eigenvalue weighted by Crippen LogP contribution is 2.18. The molecule has 0 aromatic heterocycles. The summed E-state index contributed by atoms with van der Waals surface area (Å²) in [5, 5.41) is 17.0. The number of nitro groups is 1. The fraction of sp³-hybridized carbons (Fsp3) is 0.250. The van der Waals surface area contributed by atoms with Crippen molar-refractivity contribution in [3.8, 4) is 5.75 Å². The van der Waals surface area contributed by atoms with Gasteiger partial charge in [-0.15, -0.1) is 0 Å². The Bertz CT molecular complexity index is 894. The van der Waals surface area contributed by atoms with Crippen LogP contribution in [0, 0.1) is 16.0 Å². The maximum atomic E-state index is 11.7. The van der Waals surface area contributed by atoms with E-state index in [-0.39, 0.29) is 18.2 Å². The Morgan fingerprint density at radius 2 is 1.83 bits per heavy atom. The van der Waals surface area contributed by atoms with Crippen molar-refractivity contribution in [3.63, 3.8) is 0 Å². The van der Waals surface area contributed by atoms with Gasteiger partial charge in [-0.2, -0.15) is 5.10 Å². The lowest BCUT2D eigenvalue weighted by Gasteiger charge is -2.09. The van der Waals surface area contributed by atoms with Gasteiger partial charge in [0.15, 0.2) is 0 Å². The zero-order valence-electron chi connectivity index (χ0n) is 16.1. The topological polar surface area (TPSA) is 123 Å². The standard InChI is InChI=1S/C20H22N4O5/c1-14(2)11-21-19(25)20(26)23-22-12-16-5-3-4-6-18(16)29-13-15-7-9-17(10-8-15)24(27)28/h3-10,12,14H,11,13H2,1-2H3,(H,21,25)(H,23,26)/b22-12-. The molecule has 152 valence electrons. The van der Waals surface area contributed by atoms with Crippen molar-refractivity contribution in [1.29, 1.82) is 0 Å². The molecule has 9 heteroatoms. The third-order valence-electron chi connectivity index (χ3n) is 3.71. The minimum atomic E-state index is -0.855. The van der Waals surface area contributed by atoms with Gasteiger partial charge in [0, 0.05) is 24.2 Å². The number of carbonyl (C=O) groups excluding carboxylic acids is 2. The first-order chi connectivity index (χ1) is 13.9. The van der Waals surface area contributed by atoms with Crippen molar-refractivity contribution in [2.24, 2.45) is 11.0 Å². The van der Waals surface area contributed by atoms with Crippen LogP contribution in [0.25, 0.3) is 0 Å². The molecule has 0 aliphatic heterocycles. The largest absolute Gasteiger partial charge is 0.488 e. The lowest BCUT2D eigenvalue weighted by molar-refractivity contribution is -0.384. The second kappa shape index (κ2) is 10.5. The van der Waals surface area contributed by atoms with Crippen LogP contribution in [0.15, 0.2) is 53.6 Å². The Morgan fingerprint density at radius 1 is 1.14 bits per heavy atom. The van der Waals surface area contributed by atoms with E-state index in [4.69, 9.17) is 4.74 Å². The van der Waals surface area contributed by atoms with Crippen molar-refractivity contribution in [2.75, 3.05) is 6.54 Å². The molecule has 2 N–H and O–H groups in total. The van der Waals surface area contributed by atoms with Crippen LogP contribution < -0.4 is 15.5 Å². The minimum absolute atomic E-state index is 0.00876. The number of nitrogens with zero attached hydrogens (tertiary/aromatic N) is 2. The first kappa shape index (κ1) is 21.5. The molecule has 2 aromatic rings. The summed E-state index contributed by atoms with van der Waals surface area (Å²) in [7, 11) is 0. The normalized spacial score (nSPS) is 10.7. The van der Waals surface area contributed by atoms with Gasteiger partial charge >= 0.3 is 11.8 Å². The van der Waals surface area contributed by atoms with Crippen molar-refractivity contribution < 1.29 is 19.2 Å². The number of non-ortho nitro benzene ring substituents is 1. The van der Waals surface area contributed by atoms with E-state index in [0.717, 1.165) is 5.56 Å². The number of ether oxygens (including phenoxy) is 1. The molecule has 2 aromatic carbocycles. The third kappa shape index (κ3) is 7.06. The number of nitrogens with one attached hydrogen (secondary N) is 2. The maximum Gasteiger partial charge on any atom is 0.329 e. The molecule has 0 saturated heterocycles. The molecule has 0 atom stereocenters. The van der Waals surface area contributed by atoms with E-state index in [1.807, 2.05) is 13.8 Å². The van der Waals surface area contributed by atoms with Gasteiger partial charge in [-0.05, 0) is 35.7 Å². The van der Waals surface area contributed by atoms with Gasteiger partial charge in [-0.3, -0.25) is 19.7 Å². The van der Waals surface area contributed by atoms with E-state index in [0.29, 0.717) is 17.9 Å². The summed E-state index contributed by atoms with van der Waals surface area (Å²) in [5.74, 6) is -0.868. The molecule has 2 rings (SSSR count). The van der Waals surface area contributed by atoms with Gasteiger partial charge in [-0.25, -0.2) is 5.43 Å². The van der Waals surface area contributed by atoms with Crippen LogP contribution in [0.3, 0.4) is 0 Å². The number of hydrogen-bond donors (Lipinski definition) is 2. The van der Waals surface area contributed by atoms with Gasteiger partial charge in [0.1, 0.15) is 12.4 Å². The maximum absolute atomic E-state index is 11.7. The van der Waals surface area contributed by atoms with E-state index in [1.165, 1.54) is 18.3 Å². The van der Waals surface area contributed by atoms with E-state index < -0.39 is 16.7 Å². The van der Waals surface area contributed by atoms with Gasteiger partial charge < -0.3 is 10.1 Å². The van der Waals surface area contributed by atoms with Crippen molar-refractivity contribution >= 4 is 23.7 Å². The zero-order valence-corrected chi connectivity index (χ0v) is 16.1. The molecule has 0 spiro atoms. The summed E-state index contributed by atoms with van der Waals surface area (Å²) in [6.45, 7) is 4.44. The van der Waals surface area contributed by atoms with E-state index in [2.05, 4.69) is 15.8 Å². The zero-order chi connectivity index (χ0) is 21.2. The van der Waals surface area contributed by atoms with Gasteiger partial charge in [0.2, 0.25) is 0 Å². The van der Waals surface area contributed by atoms with Crippen LogP contribution in [0.4, 0.5) is 5.69 Å². The molecule has 2 amide bonds. The highest BCUT2D eigenvalue weighted by molar-refractivity contribution is 6.35. The van der Waals surface area contributed by atoms with E-state index in [1.54, 1.807) is 36.4 Å². The fourth-order valence-corrected chi connectivity index (χ4v) is 2.18. The van der Waals surface area contributed by atoms with E-state index >= 15 is 0 Å². The highest BCUT2D eigenvalue weighted by atomic mass is 16.6. The molecule has 0 unspecified atom stereocenters. The number of rotatable bonds is 8. The number of hydrogen-bond acceptors (Lipinski definition) is 6. The monoisotopic (exact) mass is 398 g/mol. The van der Waals surface area contributed by atoms with Crippen molar-refractivity contribution in [3.05, 3.63) is 69.8 Å². The molecule has 0 fully saturated rings. The fourth-order valence-electron chi connectivity index (χ4n) is 2.18. The number of para-hydroxylation sites is 1. The van der Waals surface area contributed by atoms with Gasteiger partial charge in [-0.1, -0.05) is 26.0 Å². The number of amides is 2. The second-order valence-electron chi connectivity index (χ2n) is 6.55.